The van der Waals surface area contributed by atoms with E-state index >= 15 is 0 Å². The molecule has 0 aromatic rings. The molecule has 6 heteroatoms. The molecule has 0 fully saturated rings. The number of unbranched alkanes of at least 4 members (excludes halogenated alkanes) is 33. The molecule has 0 radical (unpaired) electrons. The van der Waals surface area contributed by atoms with Crippen LogP contribution < -0.4 is 5.32 Å². The Morgan fingerprint density at radius 1 is 0.475 bits per heavy atom. The molecule has 2 unspecified atom stereocenters. The van der Waals surface area contributed by atoms with E-state index in [9.17, 15) is 19.8 Å². The smallest absolute Gasteiger partial charge is 0.305 e. The second kappa shape index (κ2) is 48.7. The Labute approximate surface area is 366 Å². The molecule has 0 aliphatic rings. The Balaban J connectivity index is 3.56. The number of nitrogens with one attached hydrogen (secondary N) is 1. The number of aliphatic hydroxyl groups excluding tert-OH is 2. The van der Waals surface area contributed by atoms with E-state index in [1.54, 1.807) is 6.08 Å². The van der Waals surface area contributed by atoms with Gasteiger partial charge in [-0.3, -0.25) is 9.59 Å². The van der Waals surface area contributed by atoms with Crippen LogP contribution in [0.5, 0.6) is 0 Å². The zero-order valence-corrected chi connectivity index (χ0v) is 39.2. The molecule has 6 nitrogen and oxygen atoms in total. The van der Waals surface area contributed by atoms with Crippen molar-refractivity contribution in [2.45, 2.75) is 276 Å². The molecule has 0 saturated carbocycles. The lowest BCUT2D eigenvalue weighted by molar-refractivity contribution is -0.143. The number of hydrogen-bond donors (Lipinski definition) is 3. The lowest BCUT2D eigenvalue weighted by Crippen LogP contribution is -2.45. The number of aliphatic hydroxyl groups is 2. The third-order valence-corrected chi connectivity index (χ3v) is 11.7. The normalized spacial score (nSPS) is 12.9. The molecular weight excluding hydrogens is 731 g/mol. The maximum absolute atomic E-state index is 12.4. The topological polar surface area (TPSA) is 95.9 Å². The van der Waals surface area contributed by atoms with Crippen LogP contribution in [0, 0.1) is 0 Å². The van der Waals surface area contributed by atoms with E-state index in [1.807, 2.05) is 6.08 Å². The van der Waals surface area contributed by atoms with E-state index in [1.165, 1.54) is 161 Å². The van der Waals surface area contributed by atoms with Crippen molar-refractivity contribution >= 4 is 11.9 Å². The minimum atomic E-state index is -0.858. The summed E-state index contributed by atoms with van der Waals surface area (Å²) in [4.78, 5) is 24.4. The minimum absolute atomic E-state index is 0.0219. The zero-order valence-electron chi connectivity index (χ0n) is 39.2. The molecule has 0 aliphatic carbocycles. The predicted molar refractivity (Wildman–Crippen MR) is 255 cm³/mol. The van der Waals surface area contributed by atoms with Crippen LogP contribution in [-0.2, 0) is 14.3 Å². The van der Waals surface area contributed by atoms with Crippen LogP contribution in [0.1, 0.15) is 264 Å². The predicted octanol–water partition coefficient (Wildman–Crippen LogP) is 15.3. The summed E-state index contributed by atoms with van der Waals surface area (Å²) in [5.41, 5.74) is 0. The van der Waals surface area contributed by atoms with Gasteiger partial charge in [0, 0.05) is 12.8 Å². The van der Waals surface area contributed by atoms with Gasteiger partial charge in [0.15, 0.2) is 0 Å². The molecule has 0 aliphatic heterocycles. The summed E-state index contributed by atoms with van der Waals surface area (Å²) in [6.07, 6.45) is 58.6. The number of carbonyl (C=O) groups excluding carboxylic acids is 2. The van der Waals surface area contributed by atoms with E-state index in [0.29, 0.717) is 19.4 Å². The van der Waals surface area contributed by atoms with E-state index in [0.717, 1.165) is 77.0 Å². The highest BCUT2D eigenvalue weighted by molar-refractivity contribution is 5.76. The van der Waals surface area contributed by atoms with E-state index in [4.69, 9.17) is 4.74 Å². The molecule has 0 heterocycles. The second-order valence-electron chi connectivity index (χ2n) is 17.5. The first kappa shape index (κ1) is 57.1. The largest absolute Gasteiger partial charge is 0.466 e. The third kappa shape index (κ3) is 45.4. The van der Waals surface area contributed by atoms with Crippen molar-refractivity contribution < 1.29 is 24.5 Å². The summed E-state index contributed by atoms with van der Waals surface area (Å²) in [6, 6.07) is -0.643. The van der Waals surface area contributed by atoms with Crippen LogP contribution in [0.25, 0.3) is 0 Å². The van der Waals surface area contributed by atoms with Crippen molar-refractivity contribution in [3.63, 3.8) is 0 Å². The molecule has 3 N–H and O–H groups in total. The maximum atomic E-state index is 12.4. The van der Waals surface area contributed by atoms with Gasteiger partial charge in [0.1, 0.15) is 0 Å². The number of rotatable bonds is 47. The van der Waals surface area contributed by atoms with Gasteiger partial charge in [-0.05, 0) is 64.2 Å². The van der Waals surface area contributed by atoms with Gasteiger partial charge in [0.05, 0.1) is 25.4 Å². The molecule has 59 heavy (non-hydrogen) atoms. The molecule has 0 bridgehead atoms. The average molecular weight is 830 g/mol. The highest BCUT2D eigenvalue weighted by atomic mass is 16.5. The maximum Gasteiger partial charge on any atom is 0.305 e. The number of allylic oxidation sites excluding steroid dienone is 5. The first-order valence-electron chi connectivity index (χ1n) is 25.8. The van der Waals surface area contributed by atoms with Crippen molar-refractivity contribution in [1.82, 2.24) is 5.32 Å². The van der Waals surface area contributed by atoms with E-state index < -0.39 is 12.1 Å². The molecule has 2 atom stereocenters. The summed E-state index contributed by atoms with van der Waals surface area (Å²) >= 11 is 0. The van der Waals surface area contributed by atoms with Gasteiger partial charge in [0.25, 0.3) is 0 Å². The average Bonchev–Trinajstić information content (AvgIpc) is 3.24. The summed E-state index contributed by atoms with van der Waals surface area (Å²) in [6.45, 7) is 4.84. The molecule has 1 amide bonds. The third-order valence-electron chi connectivity index (χ3n) is 11.7. The van der Waals surface area contributed by atoms with Gasteiger partial charge >= 0.3 is 5.97 Å². The monoisotopic (exact) mass is 830 g/mol. The Kier molecular flexibility index (Phi) is 47.2. The Morgan fingerprint density at radius 3 is 1.25 bits per heavy atom. The molecular formula is C53H99NO5. The number of hydrogen-bond acceptors (Lipinski definition) is 5. The lowest BCUT2D eigenvalue weighted by atomic mass is 10.0. The van der Waals surface area contributed by atoms with Crippen molar-refractivity contribution in [3.8, 4) is 0 Å². The van der Waals surface area contributed by atoms with Crippen LogP contribution >= 0.6 is 0 Å². The van der Waals surface area contributed by atoms with Gasteiger partial charge in [-0.15, -0.1) is 0 Å². The van der Waals surface area contributed by atoms with Crippen molar-refractivity contribution in [2.24, 2.45) is 0 Å². The molecule has 0 aromatic carbocycles. The van der Waals surface area contributed by atoms with Crippen LogP contribution in [0.4, 0.5) is 0 Å². The highest BCUT2D eigenvalue weighted by Crippen LogP contribution is 2.15. The summed E-state index contributed by atoms with van der Waals surface area (Å²) in [5.74, 6) is -0.113. The van der Waals surface area contributed by atoms with Gasteiger partial charge in [-0.1, -0.05) is 224 Å². The SMILES string of the molecule is CCCCCCCCCCCCCC/C=C/C(O)C(CO)NC(=O)CCCCCCCC/C=C\C=C/CCCCCOC(=O)CCCCCCCCCCCCCCC. The Bertz CT molecular complexity index is 962. The zero-order chi connectivity index (χ0) is 43.0. The van der Waals surface area contributed by atoms with Crippen molar-refractivity contribution in [1.29, 1.82) is 0 Å². The van der Waals surface area contributed by atoms with Crippen LogP contribution in [0.2, 0.25) is 0 Å². The number of ether oxygens (including phenoxy) is 1. The fraction of sp³-hybridized carbons (Fsp3) is 0.849. The molecule has 0 rings (SSSR count). The van der Waals surface area contributed by atoms with Gasteiger partial charge in [-0.2, -0.15) is 0 Å². The van der Waals surface area contributed by atoms with Gasteiger partial charge in [0.2, 0.25) is 5.91 Å². The van der Waals surface area contributed by atoms with Crippen LogP contribution in [0.15, 0.2) is 36.5 Å². The van der Waals surface area contributed by atoms with E-state index in [-0.39, 0.29) is 18.5 Å². The number of esters is 1. The van der Waals surface area contributed by atoms with Crippen molar-refractivity contribution in [3.05, 3.63) is 36.5 Å². The summed E-state index contributed by atoms with van der Waals surface area (Å²) < 4.78 is 5.43. The fourth-order valence-corrected chi connectivity index (χ4v) is 7.68. The van der Waals surface area contributed by atoms with Crippen LogP contribution in [0.3, 0.4) is 0 Å². The molecule has 0 saturated heterocycles. The molecule has 346 valence electrons. The first-order valence-corrected chi connectivity index (χ1v) is 25.8. The van der Waals surface area contributed by atoms with Gasteiger partial charge < -0.3 is 20.3 Å². The first-order chi connectivity index (χ1) is 29.0. The standard InChI is InChI=1S/C53H99NO5/c1-3-5-7-9-11-13-15-17-22-25-29-33-37-41-45-51(56)50(49-55)54-52(57)46-42-38-34-30-26-23-19-18-20-24-28-32-36-40-44-48-59-53(58)47-43-39-35-31-27-21-16-14-12-10-8-6-4-2/h18,20,24,28,41,45,50-51,55-56H,3-17,19,21-23,25-27,29-40,42-44,46-49H2,1-2H3,(H,54,57)/b20-18-,28-24-,45-41+. The summed E-state index contributed by atoms with van der Waals surface area (Å²) in [5, 5.41) is 23.0. The molecule has 0 spiro atoms. The Hall–Kier alpha value is -1.92. The van der Waals surface area contributed by atoms with E-state index in [2.05, 4.69) is 43.5 Å². The minimum Gasteiger partial charge on any atom is -0.466 e. The second-order valence-corrected chi connectivity index (χ2v) is 17.5. The number of amides is 1. The number of carbonyl (C=O) groups is 2. The molecule has 0 aromatic heterocycles. The Morgan fingerprint density at radius 2 is 0.831 bits per heavy atom. The quantitative estimate of drug-likeness (QED) is 0.0246. The fourth-order valence-electron chi connectivity index (χ4n) is 7.68. The highest BCUT2D eigenvalue weighted by Gasteiger charge is 2.18. The van der Waals surface area contributed by atoms with Gasteiger partial charge in [-0.25, -0.2) is 0 Å². The van der Waals surface area contributed by atoms with Crippen molar-refractivity contribution in [2.75, 3.05) is 13.2 Å². The van der Waals surface area contributed by atoms with Crippen LogP contribution in [-0.4, -0.2) is 47.4 Å². The lowest BCUT2D eigenvalue weighted by Gasteiger charge is -2.20. The summed E-state index contributed by atoms with van der Waals surface area (Å²) in [7, 11) is 0.